The Balaban J connectivity index is 0. The zero-order valence-corrected chi connectivity index (χ0v) is 6.76. The summed E-state index contributed by atoms with van der Waals surface area (Å²) in [7, 11) is -2.73. The zero-order valence-electron chi connectivity index (χ0n) is 5.94. The van der Waals surface area contributed by atoms with Crippen LogP contribution in [0.1, 0.15) is 0 Å². The van der Waals surface area contributed by atoms with Crippen molar-refractivity contribution >= 4 is 45.6 Å². The number of carbonyl (C=O) groups is 1. The third kappa shape index (κ3) is 6.81. The minimum absolute atomic E-state index is 0. The maximum atomic E-state index is 10.5. The predicted octanol–water partition coefficient (Wildman–Crippen LogP) is -0.999. The molecule has 0 spiro atoms. The summed E-state index contributed by atoms with van der Waals surface area (Å²) in [4.78, 5) is 10.3. The molecule has 0 N–H and O–H groups in total. The second kappa shape index (κ2) is 6.62. The van der Waals surface area contributed by atoms with Crippen molar-refractivity contribution in [1.82, 2.24) is 0 Å². The van der Waals surface area contributed by atoms with Gasteiger partial charge in [0.2, 0.25) is 5.94 Å². The Hall–Kier alpha value is 0.120. The van der Waals surface area contributed by atoms with E-state index in [1.807, 2.05) is 0 Å². The van der Waals surface area contributed by atoms with Gasteiger partial charge in [-0.05, 0) is 0 Å². The Kier molecular flexibility index (Phi) is 8.07. The van der Waals surface area contributed by atoms with Crippen molar-refractivity contribution in [3.05, 3.63) is 12.7 Å². The Labute approximate surface area is 93.1 Å². The summed E-state index contributed by atoms with van der Waals surface area (Å²) >= 11 is 0. The number of hydrogen-bond donors (Lipinski definition) is 0. The van der Waals surface area contributed by atoms with Crippen LogP contribution in [-0.2, 0) is 23.8 Å². The second-order valence-corrected chi connectivity index (χ2v) is 3.19. The first kappa shape index (κ1) is 14.6. The quantitative estimate of drug-likeness (QED) is 0.254. The minimum atomic E-state index is -3.72. The zero-order chi connectivity index (χ0) is 8.91. The molecule has 0 aliphatic heterocycles. The van der Waals surface area contributed by atoms with Gasteiger partial charge in [-0.3, -0.25) is 4.18 Å². The van der Waals surface area contributed by atoms with Gasteiger partial charge in [0, 0.05) is 6.08 Å². The molecule has 7 heteroatoms. The fourth-order valence-corrected chi connectivity index (χ4v) is 0.594. The fourth-order valence-electron chi connectivity index (χ4n) is 0.237. The van der Waals surface area contributed by atoms with E-state index in [0.29, 0.717) is 0 Å². The van der Waals surface area contributed by atoms with E-state index in [9.17, 15) is 13.2 Å². The normalized spacial score (nSPS) is 9.75. The van der Waals surface area contributed by atoms with E-state index < -0.39 is 22.0 Å². The van der Waals surface area contributed by atoms with Gasteiger partial charge in [0.1, 0.15) is 0 Å². The molecule has 0 bridgehead atoms. The number of ether oxygens (including phenoxy) is 1. The molecule has 0 atom stereocenters. The fraction of sp³-hybridized carbons (Fsp3) is 0.400. The SMILES string of the molecule is C=CC(=O)OCS(=O)(=O)OC.[NaH]. The molecule has 0 amide bonds. The number of hydrogen-bond acceptors (Lipinski definition) is 5. The van der Waals surface area contributed by atoms with Crippen LogP contribution in [0.2, 0.25) is 0 Å². The van der Waals surface area contributed by atoms with Crippen LogP contribution in [0.15, 0.2) is 12.7 Å². The molecule has 12 heavy (non-hydrogen) atoms. The van der Waals surface area contributed by atoms with Crippen LogP contribution in [0.25, 0.3) is 0 Å². The summed E-state index contributed by atoms with van der Waals surface area (Å²) in [5.74, 6) is -1.58. The van der Waals surface area contributed by atoms with Gasteiger partial charge in [0.15, 0.2) is 0 Å². The van der Waals surface area contributed by atoms with Crippen LogP contribution in [0.3, 0.4) is 0 Å². The molecule has 0 aromatic heterocycles. The Bertz CT molecular complexity index is 245. The van der Waals surface area contributed by atoms with Crippen LogP contribution < -0.4 is 0 Å². The topological polar surface area (TPSA) is 69.7 Å². The molecule has 66 valence electrons. The van der Waals surface area contributed by atoms with E-state index in [1.165, 1.54) is 0 Å². The van der Waals surface area contributed by atoms with Crippen molar-refractivity contribution in [3.63, 3.8) is 0 Å². The summed E-state index contributed by atoms with van der Waals surface area (Å²) in [6.07, 6.45) is 0.866. The predicted molar refractivity (Wildman–Crippen MR) is 44.2 cm³/mol. The first-order valence-corrected chi connectivity index (χ1v) is 4.17. The van der Waals surface area contributed by atoms with E-state index >= 15 is 0 Å². The summed E-state index contributed by atoms with van der Waals surface area (Å²) < 4.78 is 29.1. The number of carbonyl (C=O) groups excluding carboxylic acids is 1. The van der Waals surface area contributed by atoms with Crippen LogP contribution in [0.5, 0.6) is 0 Å². The molecule has 0 heterocycles. The van der Waals surface area contributed by atoms with Gasteiger partial charge >= 0.3 is 45.6 Å². The summed E-state index contributed by atoms with van der Waals surface area (Å²) in [5, 5.41) is 0. The Morgan fingerprint density at radius 1 is 1.58 bits per heavy atom. The first-order valence-electron chi connectivity index (χ1n) is 2.59. The van der Waals surface area contributed by atoms with E-state index in [-0.39, 0.29) is 29.6 Å². The van der Waals surface area contributed by atoms with E-state index in [2.05, 4.69) is 15.5 Å². The van der Waals surface area contributed by atoms with Crippen molar-refractivity contribution in [3.8, 4) is 0 Å². The van der Waals surface area contributed by atoms with Crippen LogP contribution in [0.4, 0.5) is 0 Å². The van der Waals surface area contributed by atoms with Crippen molar-refractivity contribution in [2.45, 2.75) is 0 Å². The molecule has 0 radical (unpaired) electrons. The van der Waals surface area contributed by atoms with Gasteiger partial charge in [-0.15, -0.1) is 0 Å². The van der Waals surface area contributed by atoms with Gasteiger partial charge in [-0.1, -0.05) is 6.58 Å². The molecule has 0 aliphatic rings. The van der Waals surface area contributed by atoms with E-state index in [4.69, 9.17) is 0 Å². The Morgan fingerprint density at radius 3 is 2.42 bits per heavy atom. The van der Waals surface area contributed by atoms with Gasteiger partial charge in [-0.25, -0.2) is 4.79 Å². The van der Waals surface area contributed by atoms with Crippen molar-refractivity contribution < 1.29 is 22.1 Å². The third-order valence-electron chi connectivity index (χ3n) is 0.766. The molecule has 0 fully saturated rings. The van der Waals surface area contributed by atoms with Gasteiger partial charge < -0.3 is 4.74 Å². The average molecular weight is 204 g/mol. The number of esters is 1. The molecule has 0 aromatic rings. The van der Waals surface area contributed by atoms with E-state index in [1.54, 1.807) is 0 Å². The molecule has 5 nitrogen and oxygen atoms in total. The van der Waals surface area contributed by atoms with Crippen LogP contribution in [0, 0.1) is 0 Å². The van der Waals surface area contributed by atoms with E-state index in [0.717, 1.165) is 13.2 Å². The first-order chi connectivity index (χ1) is 5.02. The molecule has 0 aliphatic carbocycles. The summed E-state index contributed by atoms with van der Waals surface area (Å²) in [6, 6.07) is 0. The van der Waals surface area contributed by atoms with Crippen LogP contribution >= 0.6 is 0 Å². The van der Waals surface area contributed by atoms with Gasteiger partial charge in [0.05, 0.1) is 7.11 Å². The van der Waals surface area contributed by atoms with Crippen LogP contribution in [-0.4, -0.2) is 57.0 Å². The molecule has 0 unspecified atom stereocenters. The monoisotopic (exact) mass is 204 g/mol. The molecule has 0 saturated heterocycles. The third-order valence-corrected chi connectivity index (χ3v) is 1.68. The standard InChI is InChI=1S/C5H8O5S.Na.H/c1-3-5(6)10-4-11(7,8)9-2;;/h3H,1,4H2,2H3;;. The van der Waals surface area contributed by atoms with Gasteiger partial charge in [-0.2, -0.15) is 8.42 Å². The maximum absolute atomic E-state index is 10.5. The molecular formula is C5H9NaO5S. The molecule has 0 aromatic carbocycles. The van der Waals surface area contributed by atoms with Crippen molar-refractivity contribution in [2.75, 3.05) is 13.0 Å². The number of rotatable bonds is 4. The van der Waals surface area contributed by atoms with Gasteiger partial charge in [0.25, 0.3) is 0 Å². The van der Waals surface area contributed by atoms with Crippen molar-refractivity contribution in [2.24, 2.45) is 0 Å². The Morgan fingerprint density at radius 2 is 2.08 bits per heavy atom. The molecule has 0 rings (SSSR count). The average Bonchev–Trinajstić information content (AvgIpc) is 2.00. The second-order valence-electron chi connectivity index (χ2n) is 1.51. The van der Waals surface area contributed by atoms with Crippen molar-refractivity contribution in [1.29, 1.82) is 0 Å². The molecular weight excluding hydrogens is 195 g/mol. The summed E-state index contributed by atoms with van der Waals surface area (Å²) in [6.45, 7) is 3.08. The molecule has 0 saturated carbocycles. The summed E-state index contributed by atoms with van der Waals surface area (Å²) in [5.41, 5.74) is 0.